The number of hydrogen-bond donors (Lipinski definition) is 2. The highest BCUT2D eigenvalue weighted by Gasteiger charge is 2.11. The van der Waals surface area contributed by atoms with Crippen LogP contribution in [0.25, 0.3) is 0 Å². The van der Waals surface area contributed by atoms with E-state index in [2.05, 4.69) is 12.2 Å². The lowest BCUT2D eigenvalue weighted by atomic mass is 10.1. The number of amides is 1. The van der Waals surface area contributed by atoms with E-state index >= 15 is 0 Å². The van der Waals surface area contributed by atoms with Crippen LogP contribution in [0, 0.1) is 6.92 Å². The van der Waals surface area contributed by atoms with Gasteiger partial charge in [-0.05, 0) is 31.4 Å². The monoisotopic (exact) mass is 269 g/mol. The van der Waals surface area contributed by atoms with E-state index in [1.54, 1.807) is 0 Å². The second-order valence-electron chi connectivity index (χ2n) is 4.20. The van der Waals surface area contributed by atoms with Gasteiger partial charge in [0.2, 0.25) is 0 Å². The van der Waals surface area contributed by atoms with E-state index in [0.29, 0.717) is 17.8 Å². The van der Waals surface area contributed by atoms with Gasteiger partial charge >= 0.3 is 5.97 Å². The zero-order valence-corrected chi connectivity index (χ0v) is 11.6. The molecule has 0 saturated carbocycles. The molecule has 0 bridgehead atoms. The molecule has 4 nitrogen and oxygen atoms in total. The van der Waals surface area contributed by atoms with Crippen LogP contribution in [0.15, 0.2) is 6.07 Å². The van der Waals surface area contributed by atoms with E-state index in [0.717, 1.165) is 12.8 Å². The number of rotatable bonds is 7. The topological polar surface area (TPSA) is 66.4 Å². The number of aliphatic carboxylic acids is 1. The fraction of sp³-hybridized carbons (Fsp3) is 0.538. The summed E-state index contributed by atoms with van der Waals surface area (Å²) in [5, 5.41) is 11.2. The normalized spacial score (nSPS) is 10.3. The maximum absolute atomic E-state index is 11.8. The van der Waals surface area contributed by atoms with Crippen molar-refractivity contribution in [1.82, 2.24) is 5.32 Å². The van der Waals surface area contributed by atoms with Gasteiger partial charge < -0.3 is 10.4 Å². The number of carbonyl (C=O) groups excluding carboxylic acids is 1. The first-order valence-corrected chi connectivity index (χ1v) is 6.95. The highest BCUT2D eigenvalue weighted by atomic mass is 32.1. The maximum atomic E-state index is 11.8. The first-order chi connectivity index (χ1) is 8.54. The number of nitrogens with one attached hydrogen (secondary N) is 1. The molecule has 0 aromatic carbocycles. The summed E-state index contributed by atoms with van der Waals surface area (Å²) in [4.78, 5) is 24.0. The van der Waals surface area contributed by atoms with Crippen molar-refractivity contribution in [1.29, 1.82) is 0 Å². The van der Waals surface area contributed by atoms with E-state index in [9.17, 15) is 9.59 Å². The molecule has 5 heteroatoms. The minimum absolute atomic E-state index is 0.0881. The standard InChI is InChI=1S/C13H19NO3S/c1-3-5-10-8-11(18-9(10)2)13(17)14-7-4-6-12(15)16/h8H,3-7H2,1-2H3,(H,14,17)(H,15,16). The summed E-state index contributed by atoms with van der Waals surface area (Å²) in [6.07, 6.45) is 2.62. The number of carbonyl (C=O) groups is 2. The van der Waals surface area contributed by atoms with Crippen LogP contribution in [0.5, 0.6) is 0 Å². The van der Waals surface area contributed by atoms with Crippen LogP contribution >= 0.6 is 11.3 Å². The molecule has 100 valence electrons. The third-order valence-electron chi connectivity index (χ3n) is 2.62. The molecule has 0 aliphatic carbocycles. The van der Waals surface area contributed by atoms with Gasteiger partial charge in [-0.1, -0.05) is 13.3 Å². The van der Waals surface area contributed by atoms with Crippen molar-refractivity contribution in [3.05, 3.63) is 21.4 Å². The first kappa shape index (κ1) is 14.7. The molecule has 1 heterocycles. The van der Waals surface area contributed by atoms with Crippen molar-refractivity contribution in [2.45, 2.75) is 39.5 Å². The Morgan fingerprint density at radius 2 is 2.17 bits per heavy atom. The molecule has 1 aromatic rings. The van der Waals surface area contributed by atoms with Crippen LogP contribution in [0.3, 0.4) is 0 Å². The third-order valence-corrected chi connectivity index (χ3v) is 3.71. The second kappa shape index (κ2) is 7.16. The lowest BCUT2D eigenvalue weighted by Gasteiger charge is -2.01. The van der Waals surface area contributed by atoms with Crippen molar-refractivity contribution in [3.63, 3.8) is 0 Å². The van der Waals surface area contributed by atoms with E-state index < -0.39 is 5.97 Å². The molecular formula is C13H19NO3S. The van der Waals surface area contributed by atoms with Crippen molar-refractivity contribution >= 4 is 23.2 Å². The van der Waals surface area contributed by atoms with Crippen molar-refractivity contribution in [2.24, 2.45) is 0 Å². The van der Waals surface area contributed by atoms with Crippen LogP contribution in [-0.2, 0) is 11.2 Å². The van der Waals surface area contributed by atoms with E-state index in [4.69, 9.17) is 5.11 Å². The van der Waals surface area contributed by atoms with Gasteiger partial charge in [0.05, 0.1) is 4.88 Å². The summed E-state index contributed by atoms with van der Waals surface area (Å²) in [7, 11) is 0. The molecule has 18 heavy (non-hydrogen) atoms. The fourth-order valence-electron chi connectivity index (χ4n) is 1.68. The molecule has 2 N–H and O–H groups in total. The zero-order chi connectivity index (χ0) is 13.5. The Morgan fingerprint density at radius 3 is 2.78 bits per heavy atom. The Hall–Kier alpha value is -1.36. The van der Waals surface area contributed by atoms with Gasteiger partial charge in [-0.3, -0.25) is 9.59 Å². The minimum atomic E-state index is -0.832. The number of aryl methyl sites for hydroxylation is 2. The fourth-order valence-corrected chi connectivity index (χ4v) is 2.67. The van der Waals surface area contributed by atoms with E-state index in [1.807, 2.05) is 13.0 Å². The van der Waals surface area contributed by atoms with Crippen LogP contribution in [-0.4, -0.2) is 23.5 Å². The molecule has 1 rings (SSSR count). The SMILES string of the molecule is CCCc1cc(C(=O)NCCCC(=O)O)sc1C. The molecule has 0 atom stereocenters. The molecule has 1 amide bonds. The lowest BCUT2D eigenvalue weighted by molar-refractivity contribution is -0.137. The van der Waals surface area contributed by atoms with Gasteiger partial charge in [0, 0.05) is 17.8 Å². The molecule has 0 fully saturated rings. The highest BCUT2D eigenvalue weighted by Crippen LogP contribution is 2.22. The summed E-state index contributed by atoms with van der Waals surface area (Å²) in [6, 6.07) is 1.94. The molecular weight excluding hydrogens is 250 g/mol. The lowest BCUT2D eigenvalue weighted by Crippen LogP contribution is -2.24. The molecule has 0 spiro atoms. The zero-order valence-electron chi connectivity index (χ0n) is 10.8. The van der Waals surface area contributed by atoms with Crippen molar-refractivity contribution in [3.8, 4) is 0 Å². The van der Waals surface area contributed by atoms with Gasteiger partial charge in [0.15, 0.2) is 0 Å². The Bertz CT molecular complexity index is 426. The highest BCUT2D eigenvalue weighted by molar-refractivity contribution is 7.14. The average Bonchev–Trinajstić information content (AvgIpc) is 2.67. The van der Waals surface area contributed by atoms with Crippen molar-refractivity contribution in [2.75, 3.05) is 6.54 Å². The van der Waals surface area contributed by atoms with Crippen LogP contribution in [0.4, 0.5) is 0 Å². The molecule has 0 radical (unpaired) electrons. The Kier molecular flexibility index (Phi) is 5.85. The first-order valence-electron chi connectivity index (χ1n) is 6.14. The number of hydrogen-bond acceptors (Lipinski definition) is 3. The van der Waals surface area contributed by atoms with Gasteiger partial charge in [-0.25, -0.2) is 0 Å². The van der Waals surface area contributed by atoms with Gasteiger partial charge in [-0.2, -0.15) is 0 Å². The molecule has 0 saturated heterocycles. The van der Waals surface area contributed by atoms with E-state index in [-0.39, 0.29) is 12.3 Å². The predicted octanol–water partition coefficient (Wildman–Crippen LogP) is 2.60. The molecule has 0 unspecified atom stereocenters. The minimum Gasteiger partial charge on any atom is -0.481 e. The maximum Gasteiger partial charge on any atom is 0.303 e. The summed E-state index contributed by atoms with van der Waals surface area (Å²) in [5.41, 5.74) is 1.23. The Labute approximate surface area is 111 Å². The smallest absolute Gasteiger partial charge is 0.303 e. The number of carboxylic acids is 1. The summed E-state index contributed by atoms with van der Waals surface area (Å²) in [5.74, 6) is -0.933. The second-order valence-corrected chi connectivity index (χ2v) is 5.45. The predicted molar refractivity (Wildman–Crippen MR) is 72.3 cm³/mol. The summed E-state index contributed by atoms with van der Waals surface area (Å²) < 4.78 is 0. The van der Waals surface area contributed by atoms with Crippen molar-refractivity contribution < 1.29 is 14.7 Å². The Balaban J connectivity index is 2.46. The van der Waals surface area contributed by atoms with Gasteiger partial charge in [0.25, 0.3) is 5.91 Å². The molecule has 1 aromatic heterocycles. The summed E-state index contributed by atoms with van der Waals surface area (Å²) in [6.45, 7) is 4.55. The van der Waals surface area contributed by atoms with Gasteiger partial charge in [0.1, 0.15) is 0 Å². The largest absolute Gasteiger partial charge is 0.481 e. The average molecular weight is 269 g/mol. The van der Waals surface area contributed by atoms with Gasteiger partial charge in [-0.15, -0.1) is 11.3 Å². The van der Waals surface area contributed by atoms with Crippen LogP contribution < -0.4 is 5.32 Å². The third kappa shape index (κ3) is 4.49. The quantitative estimate of drug-likeness (QED) is 0.748. The number of carboxylic acid groups (broad SMARTS) is 1. The Morgan fingerprint density at radius 1 is 1.44 bits per heavy atom. The van der Waals surface area contributed by atoms with Crippen LogP contribution in [0.2, 0.25) is 0 Å². The molecule has 0 aliphatic heterocycles. The number of thiophene rings is 1. The van der Waals surface area contributed by atoms with E-state index in [1.165, 1.54) is 21.8 Å². The van der Waals surface area contributed by atoms with Crippen LogP contribution in [0.1, 0.15) is 46.3 Å². The summed E-state index contributed by atoms with van der Waals surface area (Å²) >= 11 is 1.50. The molecule has 0 aliphatic rings.